The van der Waals surface area contributed by atoms with Gasteiger partial charge in [0.2, 0.25) is 0 Å². The topological polar surface area (TPSA) is 56.8 Å². The Bertz CT molecular complexity index is 1170. The Morgan fingerprint density at radius 1 is 1.06 bits per heavy atom. The molecule has 6 heteroatoms. The van der Waals surface area contributed by atoms with Gasteiger partial charge in [-0.05, 0) is 82.6 Å². The largest absolute Gasteiger partial charge is 0.483 e. The van der Waals surface area contributed by atoms with Crippen molar-refractivity contribution in [1.29, 1.82) is 0 Å². The molecule has 1 aliphatic heterocycles. The lowest BCUT2D eigenvalue weighted by molar-refractivity contribution is -0.151. The van der Waals surface area contributed by atoms with Gasteiger partial charge in [0.1, 0.15) is 23.3 Å². The van der Waals surface area contributed by atoms with Crippen LogP contribution in [0.1, 0.15) is 60.8 Å². The fourth-order valence-corrected chi connectivity index (χ4v) is 4.16. The van der Waals surface area contributed by atoms with Crippen LogP contribution in [0.2, 0.25) is 0 Å². The van der Waals surface area contributed by atoms with Crippen molar-refractivity contribution in [2.75, 3.05) is 5.32 Å². The third kappa shape index (κ3) is 5.82. The maximum atomic E-state index is 13.2. The Kier molecular flexibility index (Phi) is 7.13. The van der Waals surface area contributed by atoms with Crippen molar-refractivity contribution in [3.63, 3.8) is 0 Å². The minimum atomic E-state index is -0.810. The number of rotatable bonds is 7. The highest BCUT2D eigenvalue weighted by molar-refractivity contribution is 5.89. The standard InChI is InChI=1S/C29H32FNO4/c1-18(2)33-26-24-16-23(31-17-20-8-12-22(30)13-9-20)14-15-25(24)35-29(4,5)27(26)34-28(32)21-10-6-19(3)7-11-21/h6-16,18,26-27,31H,17H2,1-5H3. The SMILES string of the molecule is Cc1ccc(C(=O)OC2C(OC(C)C)c3cc(NCc4ccc(F)cc4)ccc3OC2(C)C)cc1. The molecule has 0 saturated heterocycles. The molecule has 5 nitrogen and oxygen atoms in total. The second-order valence-corrected chi connectivity index (χ2v) is 9.74. The van der Waals surface area contributed by atoms with Crippen LogP contribution in [0.25, 0.3) is 0 Å². The first-order valence-electron chi connectivity index (χ1n) is 11.9. The number of carbonyl (C=O) groups excluding carboxylic acids is 1. The van der Waals surface area contributed by atoms with Crippen molar-refractivity contribution < 1.29 is 23.4 Å². The van der Waals surface area contributed by atoms with Crippen LogP contribution in [0.3, 0.4) is 0 Å². The van der Waals surface area contributed by atoms with E-state index in [1.807, 2.05) is 65.0 Å². The second kappa shape index (κ2) is 10.1. The van der Waals surface area contributed by atoms with Crippen LogP contribution in [0.5, 0.6) is 5.75 Å². The molecule has 3 aromatic carbocycles. The summed E-state index contributed by atoms with van der Waals surface area (Å²) in [4.78, 5) is 13.0. The molecule has 2 atom stereocenters. The molecule has 1 aliphatic rings. The molecule has 0 fully saturated rings. The van der Waals surface area contributed by atoms with Crippen molar-refractivity contribution >= 4 is 11.7 Å². The summed E-state index contributed by atoms with van der Waals surface area (Å²) in [7, 11) is 0. The molecule has 0 amide bonds. The zero-order valence-electron chi connectivity index (χ0n) is 20.8. The van der Waals surface area contributed by atoms with E-state index in [4.69, 9.17) is 14.2 Å². The van der Waals surface area contributed by atoms with E-state index >= 15 is 0 Å². The van der Waals surface area contributed by atoms with Gasteiger partial charge in [-0.1, -0.05) is 29.8 Å². The molecule has 3 aromatic rings. The van der Waals surface area contributed by atoms with E-state index in [9.17, 15) is 9.18 Å². The number of fused-ring (bicyclic) bond motifs is 1. The zero-order valence-corrected chi connectivity index (χ0v) is 20.8. The molecular weight excluding hydrogens is 445 g/mol. The van der Waals surface area contributed by atoms with Crippen LogP contribution < -0.4 is 10.1 Å². The lowest BCUT2D eigenvalue weighted by Gasteiger charge is -2.44. The van der Waals surface area contributed by atoms with Gasteiger partial charge in [-0.3, -0.25) is 0 Å². The van der Waals surface area contributed by atoms with Gasteiger partial charge in [-0.2, -0.15) is 0 Å². The Morgan fingerprint density at radius 2 is 1.74 bits per heavy atom. The van der Waals surface area contributed by atoms with Gasteiger partial charge in [0.15, 0.2) is 6.10 Å². The monoisotopic (exact) mass is 477 g/mol. The highest BCUT2D eigenvalue weighted by atomic mass is 19.1. The number of hydrogen-bond donors (Lipinski definition) is 1. The van der Waals surface area contributed by atoms with Crippen LogP contribution in [0, 0.1) is 12.7 Å². The van der Waals surface area contributed by atoms with E-state index in [2.05, 4.69) is 5.32 Å². The highest BCUT2D eigenvalue weighted by Crippen LogP contribution is 2.45. The normalized spacial score (nSPS) is 18.5. The summed E-state index contributed by atoms with van der Waals surface area (Å²) in [5.41, 5.74) is 3.37. The molecule has 0 aliphatic carbocycles. The van der Waals surface area contributed by atoms with Crippen LogP contribution in [-0.4, -0.2) is 23.8 Å². The van der Waals surface area contributed by atoms with Gasteiger partial charge in [-0.15, -0.1) is 0 Å². The fraction of sp³-hybridized carbons (Fsp3) is 0.345. The Balaban J connectivity index is 1.61. The predicted molar refractivity (Wildman–Crippen MR) is 134 cm³/mol. The molecule has 35 heavy (non-hydrogen) atoms. The Labute approximate surface area is 206 Å². The first-order valence-corrected chi connectivity index (χ1v) is 11.9. The van der Waals surface area contributed by atoms with E-state index in [0.29, 0.717) is 17.9 Å². The van der Waals surface area contributed by atoms with Gasteiger partial charge in [-0.25, -0.2) is 9.18 Å². The van der Waals surface area contributed by atoms with Gasteiger partial charge < -0.3 is 19.5 Å². The number of ether oxygens (including phenoxy) is 3. The molecule has 1 heterocycles. The molecule has 184 valence electrons. The summed E-state index contributed by atoms with van der Waals surface area (Å²) in [6, 6.07) is 19.5. The van der Waals surface area contributed by atoms with Crippen molar-refractivity contribution in [3.05, 3.63) is 94.8 Å². The van der Waals surface area contributed by atoms with Crippen LogP contribution >= 0.6 is 0 Å². The number of carbonyl (C=O) groups is 1. The smallest absolute Gasteiger partial charge is 0.338 e. The lowest BCUT2D eigenvalue weighted by atomic mass is 9.87. The van der Waals surface area contributed by atoms with Gasteiger partial charge in [0, 0.05) is 17.8 Å². The Hall–Kier alpha value is -3.38. The summed E-state index contributed by atoms with van der Waals surface area (Å²) in [6.07, 6.45) is -1.28. The van der Waals surface area contributed by atoms with Crippen molar-refractivity contribution in [1.82, 2.24) is 0 Å². The zero-order chi connectivity index (χ0) is 25.2. The molecule has 4 rings (SSSR count). The van der Waals surface area contributed by atoms with E-state index in [0.717, 1.165) is 22.4 Å². The fourth-order valence-electron chi connectivity index (χ4n) is 4.16. The average molecular weight is 478 g/mol. The number of halogens is 1. The van der Waals surface area contributed by atoms with E-state index in [1.54, 1.807) is 24.3 Å². The summed E-state index contributed by atoms with van der Waals surface area (Å²) < 4.78 is 31.9. The number of hydrogen-bond acceptors (Lipinski definition) is 5. The number of anilines is 1. The summed E-state index contributed by atoms with van der Waals surface area (Å²) in [5, 5.41) is 3.37. The van der Waals surface area contributed by atoms with E-state index in [-0.39, 0.29) is 11.9 Å². The minimum absolute atomic E-state index is 0.0989. The summed E-state index contributed by atoms with van der Waals surface area (Å²) in [5.74, 6) is 0.0101. The third-order valence-electron chi connectivity index (χ3n) is 6.00. The van der Waals surface area contributed by atoms with E-state index < -0.39 is 23.8 Å². The summed E-state index contributed by atoms with van der Waals surface area (Å²) >= 11 is 0. The first kappa shape index (κ1) is 24.7. The number of esters is 1. The average Bonchev–Trinajstić information content (AvgIpc) is 2.81. The molecule has 0 bridgehead atoms. The van der Waals surface area contributed by atoms with Crippen LogP contribution in [0.4, 0.5) is 10.1 Å². The molecular formula is C29H32FNO4. The first-order chi connectivity index (χ1) is 16.6. The molecule has 0 radical (unpaired) electrons. The maximum Gasteiger partial charge on any atom is 0.338 e. The van der Waals surface area contributed by atoms with Crippen molar-refractivity contribution in [2.45, 2.75) is 65.1 Å². The third-order valence-corrected chi connectivity index (χ3v) is 6.00. The van der Waals surface area contributed by atoms with Gasteiger partial charge in [0.05, 0.1) is 11.7 Å². The molecule has 1 N–H and O–H groups in total. The van der Waals surface area contributed by atoms with Gasteiger partial charge in [0.25, 0.3) is 0 Å². The lowest BCUT2D eigenvalue weighted by Crippen LogP contribution is -2.52. The minimum Gasteiger partial charge on any atom is -0.483 e. The molecule has 0 aromatic heterocycles. The van der Waals surface area contributed by atoms with Crippen LogP contribution in [-0.2, 0) is 16.0 Å². The molecule has 2 unspecified atom stereocenters. The maximum absolute atomic E-state index is 13.2. The van der Waals surface area contributed by atoms with Crippen molar-refractivity contribution in [2.24, 2.45) is 0 Å². The van der Waals surface area contributed by atoms with Crippen molar-refractivity contribution in [3.8, 4) is 5.75 Å². The Morgan fingerprint density at radius 3 is 2.40 bits per heavy atom. The number of benzene rings is 3. The molecule has 0 spiro atoms. The number of aryl methyl sites for hydroxylation is 1. The number of nitrogens with one attached hydrogen (secondary N) is 1. The predicted octanol–water partition coefficient (Wildman–Crippen LogP) is 6.61. The van der Waals surface area contributed by atoms with E-state index in [1.165, 1.54) is 12.1 Å². The van der Waals surface area contributed by atoms with Gasteiger partial charge >= 0.3 is 5.97 Å². The summed E-state index contributed by atoms with van der Waals surface area (Å²) in [6.45, 7) is 10.2. The highest BCUT2D eigenvalue weighted by Gasteiger charge is 2.48. The molecule has 0 saturated carbocycles. The second-order valence-electron chi connectivity index (χ2n) is 9.74. The quantitative estimate of drug-likeness (QED) is 0.388. The van der Waals surface area contributed by atoms with Crippen LogP contribution in [0.15, 0.2) is 66.7 Å².